The predicted octanol–water partition coefficient (Wildman–Crippen LogP) is 4.16. The van der Waals surface area contributed by atoms with E-state index in [1.807, 2.05) is 42.5 Å². The molecular formula is C25H22N2O3. The van der Waals surface area contributed by atoms with Crippen molar-refractivity contribution in [3.8, 4) is 0 Å². The number of carbonyl (C=O) groups is 2. The molecule has 5 heteroatoms. The first kappa shape index (κ1) is 18.6. The maximum atomic E-state index is 13.0. The molecule has 30 heavy (non-hydrogen) atoms. The molecule has 0 aliphatic heterocycles. The van der Waals surface area contributed by atoms with E-state index in [4.69, 9.17) is 9.72 Å². The van der Waals surface area contributed by atoms with Gasteiger partial charge in [-0.05, 0) is 54.5 Å². The summed E-state index contributed by atoms with van der Waals surface area (Å²) < 4.78 is 5.41. The summed E-state index contributed by atoms with van der Waals surface area (Å²) in [5.74, 6) is -0.706. The van der Waals surface area contributed by atoms with E-state index >= 15 is 0 Å². The summed E-state index contributed by atoms with van der Waals surface area (Å²) in [7, 11) is 0. The molecule has 1 amide bonds. The molecule has 0 saturated heterocycles. The Hall–Kier alpha value is -3.47. The van der Waals surface area contributed by atoms with Crippen LogP contribution in [0.15, 0.2) is 54.6 Å². The van der Waals surface area contributed by atoms with Crippen LogP contribution in [0.5, 0.6) is 0 Å². The molecule has 150 valence electrons. The Bertz CT molecular complexity index is 1160. The van der Waals surface area contributed by atoms with E-state index in [1.165, 1.54) is 0 Å². The van der Waals surface area contributed by atoms with E-state index in [0.29, 0.717) is 5.56 Å². The van der Waals surface area contributed by atoms with Crippen molar-refractivity contribution < 1.29 is 14.3 Å². The van der Waals surface area contributed by atoms with Gasteiger partial charge in [0.05, 0.1) is 16.8 Å². The van der Waals surface area contributed by atoms with Crippen LogP contribution in [0.25, 0.3) is 22.6 Å². The molecule has 1 N–H and O–H groups in total. The molecule has 1 fully saturated rings. The van der Waals surface area contributed by atoms with E-state index < -0.39 is 5.97 Å². The number of rotatable bonds is 5. The minimum absolute atomic E-state index is 0.243. The van der Waals surface area contributed by atoms with Crippen LogP contribution >= 0.6 is 0 Å². The van der Waals surface area contributed by atoms with Gasteiger partial charge >= 0.3 is 5.97 Å². The monoisotopic (exact) mass is 398 g/mol. The summed E-state index contributed by atoms with van der Waals surface area (Å²) in [4.78, 5) is 29.9. The molecule has 2 aromatic carbocycles. The van der Waals surface area contributed by atoms with Crippen LogP contribution in [0.3, 0.4) is 0 Å². The molecule has 0 bridgehead atoms. The topological polar surface area (TPSA) is 68.3 Å². The average molecular weight is 398 g/mol. The molecule has 1 saturated carbocycles. The van der Waals surface area contributed by atoms with Crippen molar-refractivity contribution in [1.82, 2.24) is 10.3 Å². The summed E-state index contributed by atoms with van der Waals surface area (Å²) in [6.07, 6.45) is 5.67. The third-order valence-corrected chi connectivity index (χ3v) is 5.56. The number of fused-ring (bicyclic) bond motifs is 2. The molecule has 2 aliphatic carbocycles. The lowest BCUT2D eigenvalue weighted by molar-refractivity contribution is -0.124. The Balaban J connectivity index is 1.51. The molecule has 3 aromatic rings. The Morgan fingerprint density at radius 1 is 1.03 bits per heavy atom. The lowest BCUT2D eigenvalue weighted by atomic mass is 10.0. The molecule has 1 aromatic heterocycles. The fraction of sp³-hybridized carbons (Fsp3) is 0.240. The number of hydrogen-bond donors (Lipinski definition) is 1. The average Bonchev–Trinajstić information content (AvgIpc) is 3.50. The number of esters is 1. The van der Waals surface area contributed by atoms with Gasteiger partial charge in [0.15, 0.2) is 6.61 Å². The quantitative estimate of drug-likeness (QED) is 0.656. The highest BCUT2D eigenvalue weighted by atomic mass is 16.5. The molecule has 1 heterocycles. The molecule has 5 nitrogen and oxygen atoms in total. The zero-order chi connectivity index (χ0) is 20.5. The molecule has 0 spiro atoms. The Morgan fingerprint density at radius 3 is 2.60 bits per heavy atom. The van der Waals surface area contributed by atoms with Crippen LogP contribution < -0.4 is 5.32 Å². The molecule has 5 rings (SSSR count). The number of benzene rings is 2. The third kappa shape index (κ3) is 3.71. The second-order valence-electron chi connectivity index (χ2n) is 7.83. The summed E-state index contributed by atoms with van der Waals surface area (Å²) >= 11 is 0. The first-order chi connectivity index (χ1) is 14.7. The van der Waals surface area contributed by atoms with Gasteiger partial charge in [0.2, 0.25) is 0 Å². The van der Waals surface area contributed by atoms with Crippen molar-refractivity contribution in [1.29, 1.82) is 0 Å². The summed E-state index contributed by atoms with van der Waals surface area (Å²) in [5, 5.41) is 3.62. The standard InChI is InChI=1S/C25H22N2O3/c28-22(26-18-11-12-18)15-30-25(29)23-19-8-4-5-9-21(19)27-24-17(10-13-20(23)24)14-16-6-2-1-3-7-16/h1-9,14,18H,10-13,15H2,(H,26,28)/b17-14+. The van der Waals surface area contributed by atoms with Gasteiger partial charge in [-0.2, -0.15) is 0 Å². The van der Waals surface area contributed by atoms with Crippen LogP contribution in [0.2, 0.25) is 0 Å². The van der Waals surface area contributed by atoms with Gasteiger partial charge in [-0.3, -0.25) is 4.79 Å². The maximum Gasteiger partial charge on any atom is 0.339 e. The number of allylic oxidation sites excluding steroid dienone is 1. The van der Waals surface area contributed by atoms with Gasteiger partial charge in [-0.1, -0.05) is 48.5 Å². The number of aromatic nitrogens is 1. The summed E-state index contributed by atoms with van der Waals surface area (Å²) in [6, 6.07) is 18.0. The van der Waals surface area contributed by atoms with Gasteiger partial charge in [-0.15, -0.1) is 0 Å². The lowest BCUT2D eigenvalue weighted by Crippen LogP contribution is -2.30. The number of pyridine rings is 1. The fourth-order valence-electron chi connectivity index (χ4n) is 3.96. The highest BCUT2D eigenvalue weighted by Crippen LogP contribution is 2.37. The van der Waals surface area contributed by atoms with Crippen molar-refractivity contribution in [3.63, 3.8) is 0 Å². The van der Waals surface area contributed by atoms with Crippen molar-refractivity contribution in [2.24, 2.45) is 0 Å². The zero-order valence-electron chi connectivity index (χ0n) is 16.6. The lowest BCUT2D eigenvalue weighted by Gasteiger charge is -2.12. The van der Waals surface area contributed by atoms with Gasteiger partial charge in [0, 0.05) is 11.4 Å². The van der Waals surface area contributed by atoms with Gasteiger partial charge in [0.1, 0.15) is 0 Å². The van der Waals surface area contributed by atoms with Crippen LogP contribution in [0, 0.1) is 0 Å². The van der Waals surface area contributed by atoms with Crippen molar-refractivity contribution in [2.45, 2.75) is 31.7 Å². The number of carbonyl (C=O) groups excluding carboxylic acids is 2. The molecule has 0 unspecified atom stereocenters. The number of ether oxygens (including phenoxy) is 1. The first-order valence-corrected chi connectivity index (χ1v) is 10.3. The summed E-state index contributed by atoms with van der Waals surface area (Å²) in [5.41, 5.74) is 5.27. The largest absolute Gasteiger partial charge is 0.452 e. The fourth-order valence-corrected chi connectivity index (χ4v) is 3.96. The number of amides is 1. The normalized spacial score (nSPS) is 16.5. The third-order valence-electron chi connectivity index (χ3n) is 5.56. The van der Waals surface area contributed by atoms with E-state index in [2.05, 4.69) is 23.5 Å². The van der Waals surface area contributed by atoms with Crippen LogP contribution in [-0.2, 0) is 16.0 Å². The predicted molar refractivity (Wildman–Crippen MR) is 116 cm³/mol. The highest BCUT2D eigenvalue weighted by Gasteiger charge is 2.28. The molecule has 0 radical (unpaired) electrons. The number of para-hydroxylation sites is 1. The first-order valence-electron chi connectivity index (χ1n) is 10.3. The molecule has 0 atom stereocenters. The van der Waals surface area contributed by atoms with E-state index in [-0.39, 0.29) is 18.6 Å². The minimum Gasteiger partial charge on any atom is -0.452 e. The highest BCUT2D eigenvalue weighted by molar-refractivity contribution is 6.07. The SMILES string of the molecule is O=C(COC(=O)c1c2c(nc3ccccc13)/C(=C/c1ccccc1)CC2)NC1CC1. The van der Waals surface area contributed by atoms with Crippen molar-refractivity contribution in [2.75, 3.05) is 6.61 Å². The van der Waals surface area contributed by atoms with Crippen molar-refractivity contribution >= 4 is 34.4 Å². The van der Waals surface area contributed by atoms with Crippen molar-refractivity contribution in [3.05, 3.63) is 77.0 Å². The molecule has 2 aliphatic rings. The minimum atomic E-state index is -0.461. The summed E-state index contributed by atoms with van der Waals surface area (Å²) in [6.45, 7) is -0.256. The van der Waals surface area contributed by atoms with Crippen LogP contribution in [-0.4, -0.2) is 29.5 Å². The number of hydrogen-bond acceptors (Lipinski definition) is 4. The van der Waals surface area contributed by atoms with E-state index in [0.717, 1.165) is 59.0 Å². The Kier molecular flexibility index (Phi) is 4.79. The van der Waals surface area contributed by atoms with Crippen LogP contribution in [0.4, 0.5) is 0 Å². The number of nitrogens with zero attached hydrogens (tertiary/aromatic N) is 1. The smallest absolute Gasteiger partial charge is 0.339 e. The van der Waals surface area contributed by atoms with Gasteiger partial charge < -0.3 is 10.1 Å². The maximum absolute atomic E-state index is 13.0. The second kappa shape index (κ2) is 7.75. The van der Waals surface area contributed by atoms with Gasteiger partial charge in [0.25, 0.3) is 5.91 Å². The molecular weight excluding hydrogens is 376 g/mol. The number of nitrogens with one attached hydrogen (secondary N) is 1. The van der Waals surface area contributed by atoms with Crippen LogP contribution in [0.1, 0.15) is 46.4 Å². The Morgan fingerprint density at radius 2 is 1.80 bits per heavy atom. The van der Waals surface area contributed by atoms with Gasteiger partial charge in [-0.25, -0.2) is 9.78 Å². The van der Waals surface area contributed by atoms with E-state index in [1.54, 1.807) is 0 Å². The second-order valence-corrected chi connectivity index (χ2v) is 7.83. The zero-order valence-corrected chi connectivity index (χ0v) is 16.6. The van der Waals surface area contributed by atoms with E-state index in [9.17, 15) is 9.59 Å². The Labute approximate surface area is 174 Å².